The van der Waals surface area contributed by atoms with Crippen molar-refractivity contribution in [3.63, 3.8) is 0 Å². The van der Waals surface area contributed by atoms with Crippen LogP contribution in [0.25, 0.3) is 0 Å². The normalized spacial score (nSPS) is 9.81. The van der Waals surface area contributed by atoms with Crippen molar-refractivity contribution in [1.29, 1.82) is 0 Å². The number of carboxylic acids is 1. The second-order valence-corrected chi connectivity index (χ2v) is 5.02. The lowest BCUT2D eigenvalue weighted by Crippen LogP contribution is -2.16. The number of rotatable bonds is 7. The van der Waals surface area contributed by atoms with Gasteiger partial charge in [-0.3, -0.25) is 14.4 Å². The molecule has 114 valence electrons. The van der Waals surface area contributed by atoms with Crippen LogP contribution >= 0.6 is 11.8 Å². The quantitative estimate of drug-likeness (QED) is 0.703. The number of carbonyl (C=O) groups is 3. The molecule has 0 aliphatic carbocycles. The number of aliphatic carboxylic acids is 1. The molecule has 1 aromatic carbocycles. The molecule has 1 rings (SSSR count). The first-order chi connectivity index (χ1) is 9.92. The number of nitrogens with one attached hydrogen (secondary N) is 2. The van der Waals surface area contributed by atoms with Gasteiger partial charge in [0.2, 0.25) is 11.8 Å². The zero-order valence-corrected chi connectivity index (χ0v) is 12.5. The number of thioether (sulfide) groups is 1. The summed E-state index contributed by atoms with van der Waals surface area (Å²) in [5, 5.41) is 13.7. The van der Waals surface area contributed by atoms with Gasteiger partial charge in [-0.05, 0) is 18.2 Å². The minimum Gasteiger partial charge on any atom is -0.495 e. The molecule has 0 aliphatic heterocycles. The largest absolute Gasteiger partial charge is 0.495 e. The lowest BCUT2D eigenvalue weighted by atomic mass is 10.2. The van der Waals surface area contributed by atoms with Crippen molar-refractivity contribution in [3.8, 4) is 5.75 Å². The summed E-state index contributed by atoms with van der Waals surface area (Å²) in [6.45, 7) is 1.38. The van der Waals surface area contributed by atoms with E-state index < -0.39 is 5.97 Å². The van der Waals surface area contributed by atoms with Gasteiger partial charge in [0.05, 0.1) is 24.3 Å². The van der Waals surface area contributed by atoms with Crippen molar-refractivity contribution >= 4 is 40.9 Å². The van der Waals surface area contributed by atoms with Crippen LogP contribution in [0.5, 0.6) is 5.75 Å². The Bertz CT molecular complexity index is 547. The van der Waals surface area contributed by atoms with Crippen molar-refractivity contribution in [3.05, 3.63) is 18.2 Å². The number of benzene rings is 1. The molecule has 2 amide bonds. The SMILES string of the molecule is COc1ccc(NC(C)=O)cc1NC(=O)CSCC(=O)O. The highest BCUT2D eigenvalue weighted by Gasteiger charge is 2.10. The molecule has 7 nitrogen and oxygen atoms in total. The Morgan fingerprint density at radius 1 is 1.24 bits per heavy atom. The van der Waals surface area contributed by atoms with Crippen molar-refractivity contribution in [2.24, 2.45) is 0 Å². The maximum Gasteiger partial charge on any atom is 0.313 e. The highest BCUT2D eigenvalue weighted by molar-refractivity contribution is 8.00. The van der Waals surface area contributed by atoms with Gasteiger partial charge in [0.25, 0.3) is 0 Å². The molecular weight excluding hydrogens is 296 g/mol. The number of anilines is 2. The number of hydrogen-bond acceptors (Lipinski definition) is 5. The molecule has 21 heavy (non-hydrogen) atoms. The zero-order valence-electron chi connectivity index (χ0n) is 11.6. The van der Waals surface area contributed by atoms with E-state index in [1.54, 1.807) is 18.2 Å². The topological polar surface area (TPSA) is 105 Å². The number of carbonyl (C=O) groups excluding carboxylic acids is 2. The fourth-order valence-electron chi connectivity index (χ4n) is 1.50. The van der Waals surface area contributed by atoms with Crippen molar-refractivity contribution < 1.29 is 24.2 Å². The average molecular weight is 312 g/mol. The molecule has 1 aromatic rings. The molecule has 0 heterocycles. The first-order valence-corrected chi connectivity index (χ1v) is 7.13. The van der Waals surface area contributed by atoms with Gasteiger partial charge in [0.1, 0.15) is 5.75 Å². The van der Waals surface area contributed by atoms with Crippen LogP contribution in [-0.2, 0) is 14.4 Å². The van der Waals surface area contributed by atoms with Crippen LogP contribution in [0, 0.1) is 0 Å². The monoisotopic (exact) mass is 312 g/mol. The van der Waals surface area contributed by atoms with Gasteiger partial charge in [-0.25, -0.2) is 0 Å². The lowest BCUT2D eigenvalue weighted by Gasteiger charge is -2.12. The molecular formula is C13H16N2O5S. The average Bonchev–Trinajstić information content (AvgIpc) is 2.37. The van der Waals surface area contributed by atoms with Crippen LogP contribution in [0.4, 0.5) is 11.4 Å². The summed E-state index contributed by atoms with van der Waals surface area (Å²) < 4.78 is 5.12. The van der Waals surface area contributed by atoms with E-state index in [0.717, 1.165) is 11.8 Å². The molecule has 0 aliphatic rings. The Morgan fingerprint density at radius 3 is 2.52 bits per heavy atom. The first kappa shape index (κ1) is 16.8. The van der Waals surface area contributed by atoms with E-state index in [4.69, 9.17) is 9.84 Å². The fourth-order valence-corrected chi connectivity index (χ4v) is 2.04. The van der Waals surface area contributed by atoms with Crippen molar-refractivity contribution in [1.82, 2.24) is 0 Å². The molecule has 0 saturated heterocycles. The van der Waals surface area contributed by atoms with E-state index >= 15 is 0 Å². The predicted octanol–water partition coefficient (Wildman–Crippen LogP) is 1.41. The molecule has 0 unspecified atom stereocenters. The Balaban J connectivity index is 2.72. The van der Waals surface area contributed by atoms with E-state index in [2.05, 4.69) is 10.6 Å². The van der Waals surface area contributed by atoms with Crippen LogP contribution in [0.1, 0.15) is 6.92 Å². The second kappa shape index (κ2) is 8.15. The molecule has 8 heteroatoms. The maximum atomic E-state index is 11.7. The van der Waals surface area contributed by atoms with E-state index in [0.29, 0.717) is 17.1 Å². The third-order valence-corrected chi connectivity index (χ3v) is 3.17. The van der Waals surface area contributed by atoms with Gasteiger partial charge in [0.15, 0.2) is 0 Å². The summed E-state index contributed by atoms with van der Waals surface area (Å²) in [5.74, 6) is -1.23. The molecule has 0 aromatic heterocycles. The molecule has 0 radical (unpaired) electrons. The Hall–Kier alpha value is -2.22. The van der Waals surface area contributed by atoms with Crippen molar-refractivity contribution in [2.75, 3.05) is 29.2 Å². The number of methoxy groups -OCH3 is 1. The Kier molecular flexibility index (Phi) is 6.54. The van der Waals surface area contributed by atoms with Gasteiger partial charge in [0, 0.05) is 12.6 Å². The molecule has 0 fully saturated rings. The minimum absolute atomic E-state index is 0.0137. The van der Waals surface area contributed by atoms with Gasteiger partial charge in [-0.1, -0.05) is 0 Å². The maximum absolute atomic E-state index is 11.7. The third kappa shape index (κ3) is 6.17. The molecule has 0 spiro atoms. The Labute approximate surface area is 126 Å². The fraction of sp³-hybridized carbons (Fsp3) is 0.308. The zero-order chi connectivity index (χ0) is 15.8. The summed E-state index contributed by atoms with van der Waals surface area (Å²) in [6.07, 6.45) is 0. The summed E-state index contributed by atoms with van der Waals surface area (Å²) in [7, 11) is 1.46. The van der Waals surface area contributed by atoms with E-state index in [1.807, 2.05) is 0 Å². The number of hydrogen-bond donors (Lipinski definition) is 3. The highest BCUT2D eigenvalue weighted by Crippen LogP contribution is 2.28. The lowest BCUT2D eigenvalue weighted by molar-refractivity contribution is -0.133. The molecule has 3 N–H and O–H groups in total. The van der Waals surface area contributed by atoms with Crippen LogP contribution in [0.2, 0.25) is 0 Å². The summed E-state index contributed by atoms with van der Waals surface area (Å²) >= 11 is 0.995. The second-order valence-electron chi connectivity index (χ2n) is 4.03. The van der Waals surface area contributed by atoms with Gasteiger partial charge in [-0.15, -0.1) is 11.8 Å². The van der Waals surface area contributed by atoms with Gasteiger partial charge < -0.3 is 20.5 Å². The summed E-state index contributed by atoms with van der Waals surface area (Å²) in [6, 6.07) is 4.83. The van der Waals surface area contributed by atoms with Gasteiger partial charge in [-0.2, -0.15) is 0 Å². The molecule has 0 atom stereocenters. The minimum atomic E-state index is -0.974. The first-order valence-electron chi connectivity index (χ1n) is 5.97. The predicted molar refractivity (Wildman–Crippen MR) is 80.9 cm³/mol. The highest BCUT2D eigenvalue weighted by atomic mass is 32.2. The number of ether oxygens (including phenoxy) is 1. The number of amides is 2. The van der Waals surface area contributed by atoms with Crippen LogP contribution < -0.4 is 15.4 Å². The molecule has 0 saturated carbocycles. The van der Waals surface area contributed by atoms with Crippen LogP contribution in [-0.4, -0.2) is 41.5 Å². The van der Waals surface area contributed by atoms with Crippen LogP contribution in [0.3, 0.4) is 0 Å². The van der Waals surface area contributed by atoms with Crippen molar-refractivity contribution in [2.45, 2.75) is 6.92 Å². The van der Waals surface area contributed by atoms with Crippen LogP contribution in [0.15, 0.2) is 18.2 Å². The Morgan fingerprint density at radius 2 is 1.95 bits per heavy atom. The van der Waals surface area contributed by atoms with E-state index in [-0.39, 0.29) is 23.3 Å². The van der Waals surface area contributed by atoms with E-state index in [1.165, 1.54) is 14.0 Å². The summed E-state index contributed by atoms with van der Waals surface area (Å²) in [5.41, 5.74) is 0.932. The van der Waals surface area contributed by atoms with Gasteiger partial charge >= 0.3 is 5.97 Å². The third-order valence-electron chi connectivity index (χ3n) is 2.25. The van der Waals surface area contributed by atoms with E-state index in [9.17, 15) is 14.4 Å². The summed E-state index contributed by atoms with van der Waals surface area (Å²) in [4.78, 5) is 33.1. The number of carboxylic acid groups (broad SMARTS) is 1. The standard InChI is InChI=1S/C13H16N2O5S/c1-8(16)14-9-3-4-11(20-2)10(5-9)15-12(17)6-21-7-13(18)19/h3-5H,6-7H2,1-2H3,(H,14,16)(H,15,17)(H,18,19). The smallest absolute Gasteiger partial charge is 0.313 e. The molecule has 0 bridgehead atoms.